The molecule has 3 aromatic carbocycles. The zero-order valence-electron chi connectivity index (χ0n) is 29.3. The van der Waals surface area contributed by atoms with Gasteiger partial charge < -0.3 is 44.8 Å². The summed E-state index contributed by atoms with van der Waals surface area (Å²) in [7, 11) is 0. The predicted octanol–water partition coefficient (Wildman–Crippen LogP) is 5.79. The molecule has 1 spiro atoms. The smallest absolute Gasteiger partial charge is 0.405 e. The lowest BCUT2D eigenvalue weighted by atomic mass is 9.90. The van der Waals surface area contributed by atoms with E-state index in [4.69, 9.17) is 19.2 Å². The summed E-state index contributed by atoms with van der Waals surface area (Å²) < 4.78 is 17.6. The van der Waals surface area contributed by atoms with Gasteiger partial charge in [0.15, 0.2) is 5.79 Å². The van der Waals surface area contributed by atoms with Crippen molar-refractivity contribution in [2.75, 3.05) is 39.5 Å². The van der Waals surface area contributed by atoms with Crippen molar-refractivity contribution in [3.8, 4) is 33.6 Å². The highest BCUT2D eigenvalue weighted by Gasteiger charge is 2.53. The van der Waals surface area contributed by atoms with E-state index >= 15 is 0 Å². The average Bonchev–Trinajstić information content (AvgIpc) is 4.05. The minimum atomic E-state index is -1.23. The van der Waals surface area contributed by atoms with Gasteiger partial charge in [-0.3, -0.25) is 4.79 Å². The molecule has 13 nitrogen and oxygen atoms in total. The molecule has 6 heterocycles. The molecule has 274 valence electrons. The molecule has 5 aromatic rings. The number of imidazole rings is 2. The van der Waals surface area contributed by atoms with Crippen LogP contribution in [0.2, 0.25) is 0 Å². The van der Waals surface area contributed by atoms with Gasteiger partial charge in [-0.1, -0.05) is 48.5 Å². The number of carboxylic acid groups (broad SMARTS) is 1. The largest absolute Gasteiger partial charge is 0.465 e. The van der Waals surface area contributed by atoms with Crippen molar-refractivity contribution in [2.45, 2.75) is 56.0 Å². The molecule has 4 fully saturated rings. The lowest BCUT2D eigenvalue weighted by Gasteiger charge is -2.33. The maximum Gasteiger partial charge on any atom is 0.405 e. The highest BCUT2D eigenvalue weighted by atomic mass is 16.7. The third-order valence-electron chi connectivity index (χ3n) is 11.2. The zero-order valence-corrected chi connectivity index (χ0v) is 29.3. The summed E-state index contributed by atoms with van der Waals surface area (Å²) >= 11 is 0. The minimum Gasteiger partial charge on any atom is -0.465 e. The average molecular weight is 718 g/mol. The maximum atomic E-state index is 14.2. The van der Waals surface area contributed by atoms with E-state index in [1.807, 2.05) is 6.20 Å². The first-order chi connectivity index (χ1) is 25.9. The van der Waals surface area contributed by atoms with Crippen LogP contribution in [0.25, 0.3) is 44.4 Å². The van der Waals surface area contributed by atoms with Crippen LogP contribution in [-0.4, -0.2) is 93.3 Å². The van der Waals surface area contributed by atoms with Gasteiger partial charge in [0.1, 0.15) is 17.7 Å². The Labute approximate surface area is 306 Å². The van der Waals surface area contributed by atoms with Crippen LogP contribution in [0.3, 0.4) is 0 Å². The number of aromatic amines is 2. The Morgan fingerprint density at radius 3 is 2.17 bits per heavy atom. The lowest BCUT2D eigenvalue weighted by Crippen LogP contribution is -2.53. The van der Waals surface area contributed by atoms with Gasteiger partial charge in [0.05, 0.1) is 55.6 Å². The molecule has 4 aliphatic rings. The quantitative estimate of drug-likeness (QED) is 0.134. The SMILES string of the molecule is O=C(O)N[C@H](C(=O)N1CC2(C[C@H]1c1ncc(-c3ccc4cc(-c5ccc(-c6cnc([C@@H]7CCCN7)[nH]6)cc5)ccc4c3)[nH]1)OCCO2)C1CCOCC1. The Kier molecular flexibility index (Phi) is 8.94. The molecule has 9 rings (SSSR count). The highest BCUT2D eigenvalue weighted by molar-refractivity contribution is 5.91. The summed E-state index contributed by atoms with van der Waals surface area (Å²) in [4.78, 5) is 44.0. The topological polar surface area (TPSA) is 167 Å². The second kappa shape index (κ2) is 14.0. The molecule has 2 aromatic heterocycles. The van der Waals surface area contributed by atoms with Crippen LogP contribution in [0.15, 0.2) is 73.1 Å². The van der Waals surface area contributed by atoms with Gasteiger partial charge in [-0.2, -0.15) is 0 Å². The van der Waals surface area contributed by atoms with E-state index in [0.717, 1.165) is 63.2 Å². The van der Waals surface area contributed by atoms with Crippen LogP contribution < -0.4 is 10.6 Å². The Bertz CT molecular complexity index is 2110. The summed E-state index contributed by atoms with van der Waals surface area (Å²) in [6, 6.07) is 20.3. The molecule has 53 heavy (non-hydrogen) atoms. The molecular weight excluding hydrogens is 674 g/mol. The fourth-order valence-corrected chi connectivity index (χ4v) is 8.43. The van der Waals surface area contributed by atoms with Crippen LogP contribution in [0.4, 0.5) is 4.79 Å². The van der Waals surface area contributed by atoms with E-state index in [0.29, 0.717) is 57.6 Å². The van der Waals surface area contributed by atoms with E-state index in [-0.39, 0.29) is 18.4 Å². The van der Waals surface area contributed by atoms with Crippen LogP contribution in [-0.2, 0) is 19.0 Å². The summed E-state index contributed by atoms with van der Waals surface area (Å²) in [5.74, 6) is 0.179. The number of benzene rings is 3. The summed E-state index contributed by atoms with van der Waals surface area (Å²) in [5.41, 5.74) is 6.18. The number of rotatable bonds is 8. The van der Waals surface area contributed by atoms with Crippen LogP contribution in [0.5, 0.6) is 0 Å². The fourth-order valence-electron chi connectivity index (χ4n) is 8.43. The first-order valence-electron chi connectivity index (χ1n) is 18.6. The molecule has 13 heteroatoms. The van der Waals surface area contributed by atoms with Gasteiger partial charge in [0, 0.05) is 25.2 Å². The first-order valence-corrected chi connectivity index (χ1v) is 18.6. The Morgan fingerprint density at radius 2 is 1.45 bits per heavy atom. The molecule has 0 saturated carbocycles. The van der Waals surface area contributed by atoms with Gasteiger partial charge >= 0.3 is 6.09 Å². The summed E-state index contributed by atoms with van der Waals surface area (Å²) in [6.45, 7) is 3.08. The molecule has 4 aliphatic heterocycles. The normalized spacial score (nSPS) is 22.2. The van der Waals surface area contributed by atoms with E-state index in [9.17, 15) is 14.7 Å². The van der Waals surface area contributed by atoms with Crippen molar-refractivity contribution in [3.63, 3.8) is 0 Å². The summed E-state index contributed by atoms with van der Waals surface area (Å²) in [5, 5.41) is 17.9. The fraction of sp³-hybridized carbons (Fsp3) is 0.400. The summed E-state index contributed by atoms with van der Waals surface area (Å²) in [6.07, 6.45) is 6.35. The Balaban J connectivity index is 0.938. The number of likely N-dealkylation sites (tertiary alicyclic amines) is 1. The number of aromatic nitrogens is 4. The third kappa shape index (κ3) is 6.69. The number of H-pyrrole nitrogens is 2. The lowest BCUT2D eigenvalue weighted by molar-refractivity contribution is -0.154. The number of nitrogens with zero attached hydrogens (tertiary/aromatic N) is 3. The molecule has 0 bridgehead atoms. The van der Waals surface area contributed by atoms with Gasteiger partial charge in [0.25, 0.3) is 0 Å². The molecule has 3 atom stereocenters. The van der Waals surface area contributed by atoms with Gasteiger partial charge in [-0.25, -0.2) is 14.8 Å². The number of nitrogens with one attached hydrogen (secondary N) is 4. The standard InChI is InChI=1S/C40H43N7O6/c48-38(35(46-39(49)50)26-11-14-51-15-12-26)47-23-40(52-16-17-53-40)20-34(47)37-43-22-33(45-37)30-10-9-28-18-27(7-8-29(28)19-30)24-3-5-25(6-4-24)32-21-42-36(44-32)31-2-1-13-41-31/h3-10,18-19,21-22,26,31,34-35,41,46H,1-2,11-17,20,23H2,(H,42,44)(H,43,45)(H,49,50)/t31-,34-,35-/m0/s1. The maximum absolute atomic E-state index is 14.2. The van der Waals surface area contributed by atoms with Gasteiger partial charge in [0.2, 0.25) is 5.91 Å². The zero-order chi connectivity index (χ0) is 35.9. The van der Waals surface area contributed by atoms with Crippen molar-refractivity contribution < 1.29 is 28.9 Å². The highest BCUT2D eigenvalue weighted by Crippen LogP contribution is 2.43. The molecule has 0 unspecified atom stereocenters. The number of carbonyl (C=O) groups excluding carboxylic acids is 1. The Morgan fingerprint density at radius 1 is 0.811 bits per heavy atom. The second-order valence-corrected chi connectivity index (χ2v) is 14.5. The monoisotopic (exact) mass is 717 g/mol. The van der Waals surface area contributed by atoms with E-state index in [1.54, 1.807) is 11.1 Å². The van der Waals surface area contributed by atoms with Crippen LogP contribution >= 0.6 is 0 Å². The van der Waals surface area contributed by atoms with Crippen LogP contribution in [0, 0.1) is 5.92 Å². The molecule has 0 radical (unpaired) electrons. The van der Waals surface area contributed by atoms with Crippen molar-refractivity contribution >= 4 is 22.8 Å². The second-order valence-electron chi connectivity index (χ2n) is 14.5. The molecule has 5 N–H and O–H groups in total. The number of amides is 2. The molecule has 4 saturated heterocycles. The Hall–Kier alpha value is -5.08. The van der Waals surface area contributed by atoms with Gasteiger partial charge in [-0.05, 0) is 77.7 Å². The molecule has 0 aliphatic carbocycles. The van der Waals surface area contributed by atoms with Crippen molar-refractivity contribution in [2.24, 2.45) is 5.92 Å². The van der Waals surface area contributed by atoms with E-state index in [2.05, 4.69) is 86.2 Å². The van der Waals surface area contributed by atoms with Gasteiger partial charge in [-0.15, -0.1) is 0 Å². The third-order valence-corrected chi connectivity index (χ3v) is 11.2. The first kappa shape index (κ1) is 33.7. The van der Waals surface area contributed by atoms with Crippen molar-refractivity contribution in [3.05, 3.63) is 84.7 Å². The number of ether oxygens (including phenoxy) is 3. The van der Waals surface area contributed by atoms with E-state index < -0.39 is 24.0 Å². The number of hydrogen-bond donors (Lipinski definition) is 5. The number of carbonyl (C=O) groups is 2. The minimum absolute atomic E-state index is 0.172. The number of fused-ring (bicyclic) bond motifs is 1. The van der Waals surface area contributed by atoms with Crippen molar-refractivity contribution in [1.29, 1.82) is 0 Å². The van der Waals surface area contributed by atoms with E-state index in [1.165, 1.54) is 6.42 Å². The molecule has 2 amide bonds. The predicted molar refractivity (Wildman–Crippen MR) is 197 cm³/mol. The number of hydrogen-bond acceptors (Lipinski definition) is 8. The van der Waals surface area contributed by atoms with Crippen LogP contribution in [0.1, 0.15) is 55.8 Å². The van der Waals surface area contributed by atoms with Crippen molar-refractivity contribution in [1.82, 2.24) is 35.5 Å². The molecular formula is C40H43N7O6.